The molecule has 0 aliphatic heterocycles. The quantitative estimate of drug-likeness (QED) is 0.144. The van der Waals surface area contributed by atoms with Crippen LogP contribution >= 0.6 is 11.6 Å². The van der Waals surface area contributed by atoms with Gasteiger partial charge in [0.15, 0.2) is 5.15 Å². The lowest BCUT2D eigenvalue weighted by atomic mass is 9.98. The highest BCUT2D eigenvalue weighted by atomic mass is 35.5. The third kappa shape index (κ3) is 8.26. The van der Waals surface area contributed by atoms with E-state index in [1.807, 2.05) is 53.1 Å². The number of aliphatic carboxylic acids is 1. The van der Waals surface area contributed by atoms with Crippen LogP contribution in [0.5, 0.6) is 0 Å². The summed E-state index contributed by atoms with van der Waals surface area (Å²) in [4.78, 5) is 41.7. The van der Waals surface area contributed by atoms with Gasteiger partial charge in [0.2, 0.25) is 5.82 Å². The van der Waals surface area contributed by atoms with E-state index in [2.05, 4.69) is 32.5 Å². The maximum atomic E-state index is 12.9. The minimum absolute atomic E-state index is 0.204. The molecule has 44 heavy (non-hydrogen) atoms. The van der Waals surface area contributed by atoms with Crippen LogP contribution in [0.25, 0.3) is 22.5 Å². The molecule has 0 bridgehead atoms. The van der Waals surface area contributed by atoms with E-state index in [-0.39, 0.29) is 18.2 Å². The predicted molar refractivity (Wildman–Crippen MR) is 160 cm³/mol. The summed E-state index contributed by atoms with van der Waals surface area (Å²) < 4.78 is 12.7. The third-order valence-corrected chi connectivity index (χ3v) is 7.09. The molecule has 0 aliphatic carbocycles. The number of halogens is 1. The Kier molecular flexibility index (Phi) is 11.2. The van der Waals surface area contributed by atoms with Gasteiger partial charge < -0.3 is 19.1 Å². The van der Waals surface area contributed by atoms with Crippen LogP contribution in [0, 0.1) is 0 Å². The molecule has 232 valence electrons. The molecule has 13 nitrogen and oxygen atoms in total. The van der Waals surface area contributed by atoms with Crippen LogP contribution in [0.15, 0.2) is 48.5 Å². The SMILES string of the molecule is CCCCc1nc(Cl)c(COC(=O)[C@H](OC(=O)CCC(=O)O)N(C)C)n1Cc1ccc(-c2ccccc2-c2nn[nH]n2)cc1. The van der Waals surface area contributed by atoms with Crippen molar-refractivity contribution in [2.45, 2.75) is 58.4 Å². The minimum Gasteiger partial charge on any atom is -0.481 e. The average Bonchev–Trinajstić information content (AvgIpc) is 3.65. The number of aromatic amines is 1. The number of benzene rings is 2. The molecule has 0 saturated carbocycles. The lowest BCUT2D eigenvalue weighted by Gasteiger charge is -2.22. The number of aromatic nitrogens is 6. The van der Waals surface area contributed by atoms with Crippen LogP contribution < -0.4 is 0 Å². The summed E-state index contributed by atoms with van der Waals surface area (Å²) >= 11 is 6.55. The number of carboxylic acids is 1. The molecule has 2 aromatic heterocycles. The number of likely N-dealkylation sites (N-methyl/N-ethyl adjacent to an activating group) is 1. The number of rotatable bonds is 15. The van der Waals surface area contributed by atoms with Crippen molar-refractivity contribution in [2.24, 2.45) is 0 Å². The first-order chi connectivity index (χ1) is 21.2. The first-order valence-corrected chi connectivity index (χ1v) is 14.5. The van der Waals surface area contributed by atoms with E-state index in [0.29, 0.717) is 24.5 Å². The van der Waals surface area contributed by atoms with E-state index in [4.69, 9.17) is 26.2 Å². The van der Waals surface area contributed by atoms with Crippen molar-refractivity contribution >= 4 is 29.5 Å². The topological polar surface area (TPSA) is 165 Å². The van der Waals surface area contributed by atoms with E-state index >= 15 is 0 Å². The molecule has 0 amide bonds. The summed E-state index contributed by atoms with van der Waals surface area (Å²) in [6.45, 7) is 2.31. The van der Waals surface area contributed by atoms with Gasteiger partial charge >= 0.3 is 17.9 Å². The number of nitrogens with zero attached hydrogens (tertiary/aromatic N) is 6. The highest BCUT2D eigenvalue weighted by molar-refractivity contribution is 6.30. The molecule has 2 aromatic carbocycles. The molecule has 0 spiro atoms. The second-order valence-electron chi connectivity index (χ2n) is 10.2. The Bertz CT molecular complexity index is 1570. The lowest BCUT2D eigenvalue weighted by molar-refractivity contribution is -0.180. The first-order valence-electron chi connectivity index (χ1n) is 14.1. The number of carbonyl (C=O) groups excluding carboxylic acids is 2. The van der Waals surface area contributed by atoms with Crippen molar-refractivity contribution in [2.75, 3.05) is 14.1 Å². The molecule has 14 heteroatoms. The van der Waals surface area contributed by atoms with Crippen molar-refractivity contribution in [3.63, 3.8) is 0 Å². The number of hydrogen-bond acceptors (Lipinski definition) is 10. The fourth-order valence-corrected chi connectivity index (χ4v) is 4.75. The zero-order valence-electron chi connectivity index (χ0n) is 24.7. The highest BCUT2D eigenvalue weighted by Gasteiger charge is 2.28. The molecule has 4 rings (SSSR count). The van der Waals surface area contributed by atoms with Crippen LogP contribution in [-0.2, 0) is 43.4 Å². The number of H-pyrrole nitrogens is 1. The van der Waals surface area contributed by atoms with E-state index in [1.165, 1.54) is 4.90 Å². The smallest absolute Gasteiger partial charge is 0.363 e. The average molecular weight is 624 g/mol. The number of hydrogen-bond donors (Lipinski definition) is 2. The number of esters is 2. The van der Waals surface area contributed by atoms with Crippen molar-refractivity contribution in [3.05, 3.63) is 70.8 Å². The Balaban J connectivity index is 1.53. The number of imidazole rings is 1. The van der Waals surface area contributed by atoms with Crippen LogP contribution in [0.2, 0.25) is 5.15 Å². The highest BCUT2D eigenvalue weighted by Crippen LogP contribution is 2.30. The largest absolute Gasteiger partial charge is 0.481 e. The Morgan fingerprint density at radius 3 is 2.43 bits per heavy atom. The summed E-state index contributed by atoms with van der Waals surface area (Å²) in [6.07, 6.45) is 0.411. The zero-order valence-corrected chi connectivity index (χ0v) is 25.5. The van der Waals surface area contributed by atoms with Gasteiger partial charge in [0.1, 0.15) is 12.4 Å². The number of unbranched alkanes of at least 4 members (excludes halogenated alkanes) is 1. The Labute approximate surface area is 259 Å². The van der Waals surface area contributed by atoms with Crippen molar-refractivity contribution in [1.29, 1.82) is 0 Å². The number of tetrazole rings is 1. The van der Waals surface area contributed by atoms with E-state index < -0.39 is 30.6 Å². The van der Waals surface area contributed by atoms with Gasteiger partial charge in [-0.2, -0.15) is 5.21 Å². The molecular weight excluding hydrogens is 590 g/mol. The fraction of sp³-hybridized carbons (Fsp3) is 0.367. The minimum atomic E-state index is -1.35. The number of nitrogens with one attached hydrogen (secondary N) is 1. The standard InChI is InChI=1S/C30H34ClN7O6/c1-4-5-10-24-32-27(31)23(18-43-30(42)29(37(2)3)44-26(41)16-15-25(39)40)38(24)17-19-11-13-20(14-12-19)21-8-6-7-9-22(21)28-33-35-36-34-28/h6-9,11-14,29H,4-5,10,15-18H2,1-3H3,(H,39,40)(H,33,34,35,36)/t29-/m0/s1. The van der Waals surface area contributed by atoms with E-state index in [0.717, 1.165) is 40.9 Å². The number of carbonyl (C=O) groups is 3. The maximum absolute atomic E-state index is 12.9. The Morgan fingerprint density at radius 2 is 1.80 bits per heavy atom. The second kappa shape index (κ2) is 15.2. The molecule has 0 radical (unpaired) electrons. The van der Waals surface area contributed by atoms with Gasteiger partial charge in [-0.25, -0.2) is 9.78 Å². The molecule has 0 unspecified atom stereocenters. The second-order valence-corrected chi connectivity index (χ2v) is 10.6. The molecular formula is C30H34ClN7O6. The Hall–Kier alpha value is -4.62. The lowest BCUT2D eigenvalue weighted by Crippen LogP contribution is -2.41. The summed E-state index contributed by atoms with van der Waals surface area (Å²) in [5.74, 6) is -1.52. The van der Waals surface area contributed by atoms with Gasteiger partial charge in [-0.3, -0.25) is 14.5 Å². The van der Waals surface area contributed by atoms with Gasteiger partial charge in [0.25, 0.3) is 6.23 Å². The maximum Gasteiger partial charge on any atom is 0.363 e. The van der Waals surface area contributed by atoms with Crippen LogP contribution in [0.4, 0.5) is 0 Å². The zero-order chi connectivity index (χ0) is 31.6. The number of aryl methyl sites for hydroxylation is 1. The monoisotopic (exact) mass is 623 g/mol. The van der Waals surface area contributed by atoms with Gasteiger partial charge in [-0.05, 0) is 42.4 Å². The van der Waals surface area contributed by atoms with Gasteiger partial charge in [-0.15, -0.1) is 10.2 Å². The van der Waals surface area contributed by atoms with Crippen LogP contribution in [0.3, 0.4) is 0 Å². The summed E-state index contributed by atoms with van der Waals surface area (Å²) in [5, 5.41) is 23.4. The van der Waals surface area contributed by atoms with Crippen LogP contribution in [0.1, 0.15) is 49.7 Å². The number of ether oxygens (including phenoxy) is 2. The fourth-order valence-electron chi connectivity index (χ4n) is 4.50. The first kappa shape index (κ1) is 32.3. The number of carboxylic acid groups (broad SMARTS) is 1. The van der Waals surface area contributed by atoms with Crippen LogP contribution in [-0.4, -0.2) is 78.4 Å². The van der Waals surface area contributed by atoms with Gasteiger partial charge in [0, 0.05) is 18.5 Å². The van der Waals surface area contributed by atoms with Gasteiger partial charge in [0.05, 0.1) is 18.5 Å². The Morgan fingerprint density at radius 1 is 1.07 bits per heavy atom. The molecule has 0 fully saturated rings. The van der Waals surface area contributed by atoms with Gasteiger partial charge in [-0.1, -0.05) is 73.5 Å². The normalized spacial score (nSPS) is 11.8. The molecule has 2 N–H and O–H groups in total. The molecule has 1 atom stereocenters. The summed E-state index contributed by atoms with van der Waals surface area (Å²) in [5.41, 5.74) is 4.27. The van der Waals surface area contributed by atoms with Crippen molar-refractivity contribution < 1.29 is 29.0 Å². The van der Waals surface area contributed by atoms with Crippen molar-refractivity contribution in [1.82, 2.24) is 35.1 Å². The molecule has 2 heterocycles. The third-order valence-electron chi connectivity index (χ3n) is 6.78. The van der Waals surface area contributed by atoms with E-state index in [1.54, 1.807) is 14.1 Å². The van der Waals surface area contributed by atoms with E-state index in [9.17, 15) is 14.4 Å². The summed E-state index contributed by atoms with van der Waals surface area (Å²) in [7, 11) is 3.08. The molecule has 4 aromatic rings. The molecule has 0 aliphatic rings. The predicted octanol–water partition coefficient (Wildman–Crippen LogP) is 4.11. The van der Waals surface area contributed by atoms with Crippen molar-refractivity contribution in [3.8, 4) is 22.5 Å². The molecule has 0 saturated heterocycles. The summed E-state index contributed by atoms with van der Waals surface area (Å²) in [6, 6.07) is 15.8.